The molecule has 0 radical (unpaired) electrons. The minimum atomic E-state index is -1.11. The van der Waals surface area contributed by atoms with Crippen LogP contribution in [-0.2, 0) is 9.53 Å². The van der Waals surface area contributed by atoms with Crippen LogP contribution in [0.25, 0.3) is 0 Å². The topological polar surface area (TPSA) is 147 Å². The zero-order valence-corrected chi connectivity index (χ0v) is 17.4. The molecule has 0 unspecified atom stereocenters. The highest BCUT2D eigenvalue weighted by Gasteiger charge is 2.13. The molecule has 0 aliphatic rings. The number of carboxylic acids is 3. The van der Waals surface area contributed by atoms with Gasteiger partial charge in [-0.25, -0.2) is 19.2 Å². The molecule has 3 N–H and O–H groups in total. The Hall–Kier alpha value is -4.14. The average molecular weight is 444 g/mol. The number of hydrogen-bond donors (Lipinski definition) is 3. The third-order valence-electron chi connectivity index (χ3n) is 4.11. The average Bonchev–Trinajstić information content (AvgIpc) is 2.76. The summed E-state index contributed by atoms with van der Waals surface area (Å²) in [6.07, 6.45) is 2.57. The summed E-state index contributed by atoms with van der Waals surface area (Å²) in [5.41, 5.74) is 0.561. The fourth-order valence-electron chi connectivity index (χ4n) is 2.42. The van der Waals surface area contributed by atoms with E-state index < -0.39 is 23.9 Å². The van der Waals surface area contributed by atoms with Crippen molar-refractivity contribution in [2.24, 2.45) is 0 Å². The first-order valence-corrected chi connectivity index (χ1v) is 9.49. The summed E-state index contributed by atoms with van der Waals surface area (Å²) in [4.78, 5) is 42.6. The SMILES string of the molecule is C=CC(=O)OCCCCOc1ccc(C(=O)O)cc1.Cc1c(C(=O)O)cccc1C(=O)O. The lowest BCUT2D eigenvalue weighted by atomic mass is 10.0. The Morgan fingerprint density at radius 3 is 1.84 bits per heavy atom. The van der Waals surface area contributed by atoms with Crippen LogP contribution in [0.5, 0.6) is 5.75 Å². The van der Waals surface area contributed by atoms with Crippen molar-refractivity contribution in [3.05, 3.63) is 77.4 Å². The molecule has 9 heteroatoms. The minimum absolute atomic E-state index is 0.0277. The van der Waals surface area contributed by atoms with Crippen molar-refractivity contribution in [1.29, 1.82) is 0 Å². The Balaban J connectivity index is 0.000000343. The zero-order valence-electron chi connectivity index (χ0n) is 17.4. The molecule has 2 aromatic carbocycles. The van der Waals surface area contributed by atoms with Crippen molar-refractivity contribution in [1.82, 2.24) is 0 Å². The summed E-state index contributed by atoms with van der Waals surface area (Å²) in [7, 11) is 0. The van der Waals surface area contributed by atoms with Crippen LogP contribution in [0.1, 0.15) is 49.5 Å². The van der Waals surface area contributed by atoms with Crippen LogP contribution in [0.2, 0.25) is 0 Å². The highest BCUT2D eigenvalue weighted by molar-refractivity contribution is 5.96. The smallest absolute Gasteiger partial charge is 0.335 e. The maximum atomic E-state index is 10.7. The van der Waals surface area contributed by atoms with E-state index in [1.807, 2.05) is 0 Å². The van der Waals surface area contributed by atoms with Gasteiger partial charge in [0, 0.05) is 6.08 Å². The van der Waals surface area contributed by atoms with E-state index in [1.54, 1.807) is 12.1 Å². The zero-order chi connectivity index (χ0) is 24.1. The van der Waals surface area contributed by atoms with Gasteiger partial charge in [-0.1, -0.05) is 12.6 Å². The number of rotatable bonds is 10. The van der Waals surface area contributed by atoms with Gasteiger partial charge < -0.3 is 24.8 Å². The molecule has 0 heterocycles. The highest BCUT2D eigenvalue weighted by Crippen LogP contribution is 2.14. The first-order chi connectivity index (χ1) is 15.2. The Morgan fingerprint density at radius 2 is 1.38 bits per heavy atom. The van der Waals surface area contributed by atoms with Crippen LogP contribution < -0.4 is 4.74 Å². The Kier molecular flexibility index (Phi) is 10.7. The maximum Gasteiger partial charge on any atom is 0.335 e. The molecule has 32 heavy (non-hydrogen) atoms. The van der Waals surface area contributed by atoms with Crippen molar-refractivity contribution in [3.8, 4) is 5.75 Å². The maximum absolute atomic E-state index is 10.7. The van der Waals surface area contributed by atoms with E-state index in [0.29, 0.717) is 25.4 Å². The predicted octanol–water partition coefficient (Wildman–Crippen LogP) is 3.66. The molecule has 9 nitrogen and oxygen atoms in total. The second kappa shape index (κ2) is 13.2. The number of carboxylic acid groups (broad SMARTS) is 3. The third-order valence-corrected chi connectivity index (χ3v) is 4.11. The molecule has 0 aliphatic carbocycles. The second-order valence-electron chi connectivity index (χ2n) is 6.35. The molecule has 0 aliphatic heterocycles. The summed E-state index contributed by atoms with van der Waals surface area (Å²) in [5, 5.41) is 26.1. The number of hydrogen-bond acceptors (Lipinski definition) is 6. The summed E-state index contributed by atoms with van der Waals surface area (Å²) >= 11 is 0. The fraction of sp³-hybridized carbons (Fsp3) is 0.217. The number of esters is 1. The van der Waals surface area contributed by atoms with Gasteiger partial charge in [-0.2, -0.15) is 0 Å². The van der Waals surface area contributed by atoms with Crippen LogP contribution in [0.3, 0.4) is 0 Å². The molecule has 170 valence electrons. The standard InChI is InChI=1S/C14H16O5.C9H8O4/c1-2-13(15)19-10-4-3-9-18-12-7-5-11(6-8-12)14(16)17;1-5-6(8(10)11)3-2-4-7(5)9(12)13/h2,5-8H,1,3-4,9-10H2,(H,16,17);2-4H,1H3,(H,10,11)(H,12,13). The first kappa shape index (κ1) is 25.9. The summed E-state index contributed by atoms with van der Waals surface area (Å²) < 4.78 is 10.2. The van der Waals surface area contributed by atoms with Crippen molar-refractivity contribution >= 4 is 23.9 Å². The summed E-state index contributed by atoms with van der Waals surface area (Å²) in [6.45, 7) is 5.60. The predicted molar refractivity (Wildman–Crippen MR) is 114 cm³/mol. The minimum Gasteiger partial charge on any atom is -0.494 e. The molecule has 0 spiro atoms. The lowest BCUT2D eigenvalue weighted by Crippen LogP contribution is -2.06. The van der Waals surface area contributed by atoms with Crippen molar-refractivity contribution in [2.45, 2.75) is 19.8 Å². The van der Waals surface area contributed by atoms with Gasteiger partial charge in [0.15, 0.2) is 0 Å². The summed E-state index contributed by atoms with van der Waals surface area (Å²) in [5.74, 6) is -2.99. The van der Waals surface area contributed by atoms with Gasteiger partial charge >= 0.3 is 23.9 Å². The first-order valence-electron chi connectivity index (χ1n) is 9.49. The van der Waals surface area contributed by atoms with Crippen molar-refractivity contribution in [2.75, 3.05) is 13.2 Å². The second-order valence-corrected chi connectivity index (χ2v) is 6.35. The molecule has 0 atom stereocenters. The fourth-order valence-corrected chi connectivity index (χ4v) is 2.42. The molecule has 0 aromatic heterocycles. The van der Waals surface area contributed by atoms with Gasteiger partial charge in [0.25, 0.3) is 0 Å². The van der Waals surface area contributed by atoms with Gasteiger partial charge in [-0.05, 0) is 61.7 Å². The van der Waals surface area contributed by atoms with E-state index in [9.17, 15) is 19.2 Å². The molecule has 2 aromatic rings. The lowest BCUT2D eigenvalue weighted by molar-refractivity contribution is -0.137. The number of benzene rings is 2. The van der Waals surface area contributed by atoms with Gasteiger partial charge in [0.1, 0.15) is 5.75 Å². The number of carbonyl (C=O) groups excluding carboxylic acids is 1. The number of unbranched alkanes of at least 4 members (excludes halogenated alkanes) is 1. The molecule has 0 saturated heterocycles. The van der Waals surface area contributed by atoms with Crippen LogP contribution in [0.4, 0.5) is 0 Å². The molecule has 0 bridgehead atoms. The van der Waals surface area contributed by atoms with Gasteiger partial charge in [-0.15, -0.1) is 0 Å². The van der Waals surface area contributed by atoms with Crippen LogP contribution in [0, 0.1) is 6.92 Å². The van der Waals surface area contributed by atoms with E-state index >= 15 is 0 Å². The molecule has 2 rings (SSSR count). The number of ether oxygens (including phenoxy) is 2. The van der Waals surface area contributed by atoms with Crippen molar-refractivity contribution < 1.29 is 44.0 Å². The summed E-state index contributed by atoms with van der Waals surface area (Å²) in [6, 6.07) is 10.4. The van der Waals surface area contributed by atoms with Gasteiger partial charge in [-0.3, -0.25) is 0 Å². The van der Waals surface area contributed by atoms with Crippen molar-refractivity contribution in [3.63, 3.8) is 0 Å². The van der Waals surface area contributed by atoms with Crippen LogP contribution >= 0.6 is 0 Å². The Bertz CT molecular complexity index is 930. The van der Waals surface area contributed by atoms with Crippen LogP contribution in [-0.4, -0.2) is 52.4 Å². The van der Waals surface area contributed by atoms with E-state index in [4.69, 9.17) is 24.8 Å². The van der Waals surface area contributed by atoms with E-state index in [0.717, 1.165) is 12.5 Å². The van der Waals surface area contributed by atoms with E-state index in [2.05, 4.69) is 6.58 Å². The third kappa shape index (κ3) is 8.70. The molecule has 0 saturated carbocycles. The Morgan fingerprint density at radius 1 is 0.844 bits per heavy atom. The quantitative estimate of drug-likeness (QED) is 0.284. The molecule has 0 amide bonds. The molecular weight excluding hydrogens is 420 g/mol. The Labute approximate surface area is 184 Å². The van der Waals surface area contributed by atoms with Gasteiger partial charge in [0.2, 0.25) is 0 Å². The monoisotopic (exact) mass is 444 g/mol. The number of carbonyl (C=O) groups is 4. The van der Waals surface area contributed by atoms with E-state index in [1.165, 1.54) is 37.3 Å². The largest absolute Gasteiger partial charge is 0.494 e. The van der Waals surface area contributed by atoms with Gasteiger partial charge in [0.05, 0.1) is 29.9 Å². The number of aromatic carboxylic acids is 3. The molecular formula is C23H24O9. The normalized spacial score (nSPS) is 9.66. The van der Waals surface area contributed by atoms with Crippen LogP contribution in [0.15, 0.2) is 55.1 Å². The van der Waals surface area contributed by atoms with E-state index in [-0.39, 0.29) is 22.3 Å². The molecule has 0 fully saturated rings. The lowest BCUT2D eigenvalue weighted by Gasteiger charge is -2.06. The highest BCUT2D eigenvalue weighted by atomic mass is 16.5.